The number of anilines is 1. The Morgan fingerprint density at radius 1 is 1.47 bits per heavy atom. The van der Waals surface area contributed by atoms with Crippen molar-refractivity contribution in [3.05, 3.63) is 33.9 Å². The van der Waals surface area contributed by atoms with E-state index in [-0.39, 0.29) is 17.6 Å². The number of aliphatic hydroxyl groups excluding tert-OH is 1. The van der Waals surface area contributed by atoms with Gasteiger partial charge in [0.2, 0.25) is 0 Å². The maximum atomic E-state index is 11.0. The van der Waals surface area contributed by atoms with Crippen LogP contribution in [0.2, 0.25) is 0 Å². The number of aliphatic hydroxyl groups is 1. The zero-order valence-corrected chi connectivity index (χ0v) is 10.1. The zero-order chi connectivity index (χ0) is 14.0. The average molecular weight is 266 g/mol. The van der Waals surface area contributed by atoms with Gasteiger partial charge in [0, 0.05) is 23.7 Å². The first-order valence-electron chi connectivity index (χ1n) is 5.84. The summed E-state index contributed by atoms with van der Waals surface area (Å²) in [4.78, 5) is 21.0. The lowest BCUT2D eigenvalue weighted by Crippen LogP contribution is -2.19. The van der Waals surface area contributed by atoms with Crippen LogP contribution >= 0.6 is 0 Å². The molecule has 102 valence electrons. The third kappa shape index (κ3) is 2.82. The average Bonchev–Trinajstić information content (AvgIpc) is 3.16. The van der Waals surface area contributed by atoms with Gasteiger partial charge in [0.1, 0.15) is 5.56 Å². The lowest BCUT2D eigenvalue weighted by atomic mass is 10.1. The normalized spacial score (nSPS) is 15.8. The van der Waals surface area contributed by atoms with Crippen LogP contribution in [0.3, 0.4) is 0 Å². The zero-order valence-electron chi connectivity index (χ0n) is 10.1. The molecule has 0 bridgehead atoms. The molecule has 1 fully saturated rings. The highest BCUT2D eigenvalue weighted by Crippen LogP contribution is 2.45. The van der Waals surface area contributed by atoms with Gasteiger partial charge in [-0.05, 0) is 25.0 Å². The Morgan fingerprint density at radius 3 is 2.63 bits per heavy atom. The molecule has 1 aliphatic rings. The van der Waals surface area contributed by atoms with Crippen molar-refractivity contribution >= 4 is 17.3 Å². The minimum atomic E-state index is -1.33. The monoisotopic (exact) mass is 266 g/mol. The van der Waals surface area contributed by atoms with Crippen LogP contribution in [-0.2, 0) is 0 Å². The van der Waals surface area contributed by atoms with Crippen molar-refractivity contribution in [3.63, 3.8) is 0 Å². The number of carboxylic acids is 1. The molecule has 0 spiro atoms. The van der Waals surface area contributed by atoms with E-state index in [4.69, 9.17) is 5.11 Å². The molecule has 0 aromatic heterocycles. The molecule has 0 aliphatic heterocycles. The van der Waals surface area contributed by atoms with Crippen LogP contribution in [0.1, 0.15) is 23.2 Å². The first-order valence-corrected chi connectivity index (χ1v) is 5.84. The third-order valence-corrected chi connectivity index (χ3v) is 3.38. The summed E-state index contributed by atoms with van der Waals surface area (Å²) in [6, 6.07) is 3.89. The summed E-state index contributed by atoms with van der Waals surface area (Å²) in [5.74, 6) is -1.33. The van der Waals surface area contributed by atoms with E-state index < -0.39 is 16.6 Å². The number of rotatable bonds is 6. The van der Waals surface area contributed by atoms with Crippen LogP contribution in [0.15, 0.2) is 18.2 Å². The molecule has 19 heavy (non-hydrogen) atoms. The second-order valence-corrected chi connectivity index (χ2v) is 4.81. The predicted octanol–water partition coefficient (Wildman–Crippen LogP) is 1.48. The van der Waals surface area contributed by atoms with Crippen molar-refractivity contribution in [1.82, 2.24) is 0 Å². The fraction of sp³-hybridized carbons (Fsp3) is 0.417. The number of carboxylic acid groups (broad SMARTS) is 1. The fourth-order valence-corrected chi connectivity index (χ4v) is 1.83. The van der Waals surface area contributed by atoms with E-state index in [1.807, 2.05) is 0 Å². The summed E-state index contributed by atoms with van der Waals surface area (Å²) in [7, 11) is 0. The lowest BCUT2D eigenvalue weighted by Gasteiger charge is -2.14. The van der Waals surface area contributed by atoms with E-state index in [9.17, 15) is 20.0 Å². The van der Waals surface area contributed by atoms with E-state index in [1.54, 1.807) is 0 Å². The van der Waals surface area contributed by atoms with Gasteiger partial charge in [0.15, 0.2) is 0 Å². The Labute approximate surface area is 109 Å². The Morgan fingerprint density at radius 2 is 2.16 bits per heavy atom. The largest absolute Gasteiger partial charge is 0.477 e. The van der Waals surface area contributed by atoms with Crippen LogP contribution in [0.4, 0.5) is 11.4 Å². The number of carbonyl (C=O) groups is 1. The van der Waals surface area contributed by atoms with Crippen LogP contribution in [0, 0.1) is 15.5 Å². The summed E-state index contributed by atoms with van der Waals surface area (Å²) < 4.78 is 0. The standard InChI is InChI=1S/C12H14N2O5/c15-7-12(3-4-12)6-13-8-1-2-10(14(18)19)9(5-8)11(16)17/h1-2,5,13,15H,3-4,6-7H2,(H,16,17). The van der Waals surface area contributed by atoms with Crippen LogP contribution in [0.5, 0.6) is 0 Å². The summed E-state index contributed by atoms with van der Waals surface area (Å²) in [6.45, 7) is 0.610. The smallest absolute Gasteiger partial charge is 0.342 e. The SMILES string of the molecule is O=C(O)c1cc(NCC2(CO)CC2)ccc1[N+](=O)[O-]. The van der Waals surface area contributed by atoms with Crippen molar-refractivity contribution in [3.8, 4) is 0 Å². The van der Waals surface area contributed by atoms with Gasteiger partial charge < -0.3 is 15.5 Å². The second-order valence-electron chi connectivity index (χ2n) is 4.81. The number of aromatic carboxylic acids is 1. The van der Waals surface area contributed by atoms with Gasteiger partial charge >= 0.3 is 5.97 Å². The first kappa shape index (κ1) is 13.3. The molecule has 1 aliphatic carbocycles. The second kappa shape index (κ2) is 4.85. The van der Waals surface area contributed by atoms with Crippen LogP contribution < -0.4 is 5.32 Å². The molecule has 1 aromatic carbocycles. The Kier molecular flexibility index (Phi) is 3.39. The molecule has 3 N–H and O–H groups in total. The molecule has 0 heterocycles. The molecule has 0 amide bonds. The number of nitrogens with one attached hydrogen (secondary N) is 1. The maximum absolute atomic E-state index is 11.0. The number of nitro benzene ring substituents is 1. The highest BCUT2D eigenvalue weighted by Gasteiger charge is 2.41. The summed E-state index contributed by atoms with van der Waals surface area (Å²) in [5.41, 5.74) is -0.390. The summed E-state index contributed by atoms with van der Waals surface area (Å²) in [5, 5.41) is 31.8. The number of nitro groups is 1. The summed E-state index contributed by atoms with van der Waals surface area (Å²) >= 11 is 0. The number of benzene rings is 1. The molecule has 0 radical (unpaired) electrons. The van der Waals surface area contributed by atoms with Crippen molar-refractivity contribution in [2.75, 3.05) is 18.5 Å². The topological polar surface area (TPSA) is 113 Å². The van der Waals surface area contributed by atoms with Gasteiger partial charge in [0.25, 0.3) is 5.69 Å². The third-order valence-electron chi connectivity index (χ3n) is 3.38. The van der Waals surface area contributed by atoms with E-state index >= 15 is 0 Å². The van der Waals surface area contributed by atoms with Crippen molar-refractivity contribution in [2.24, 2.45) is 5.41 Å². The van der Waals surface area contributed by atoms with Crippen molar-refractivity contribution in [2.45, 2.75) is 12.8 Å². The van der Waals surface area contributed by atoms with E-state index in [2.05, 4.69) is 5.32 Å². The minimum absolute atomic E-state index is 0.0821. The van der Waals surface area contributed by atoms with E-state index in [1.165, 1.54) is 18.2 Å². The van der Waals surface area contributed by atoms with Gasteiger partial charge in [-0.2, -0.15) is 0 Å². The molecule has 7 nitrogen and oxygen atoms in total. The lowest BCUT2D eigenvalue weighted by molar-refractivity contribution is -0.385. The van der Waals surface area contributed by atoms with E-state index in [0.29, 0.717) is 12.2 Å². The molecular formula is C12H14N2O5. The molecule has 2 rings (SSSR count). The quantitative estimate of drug-likeness (QED) is 0.531. The van der Waals surface area contributed by atoms with Crippen LogP contribution in [-0.4, -0.2) is 34.3 Å². The maximum Gasteiger partial charge on any atom is 0.342 e. The van der Waals surface area contributed by atoms with Gasteiger partial charge in [-0.25, -0.2) is 4.79 Å². The first-order chi connectivity index (χ1) is 8.97. The Hall–Kier alpha value is -2.15. The molecule has 0 unspecified atom stereocenters. The molecule has 1 saturated carbocycles. The number of hydrogen-bond donors (Lipinski definition) is 3. The number of nitrogens with zero attached hydrogens (tertiary/aromatic N) is 1. The van der Waals surface area contributed by atoms with Crippen LogP contribution in [0.25, 0.3) is 0 Å². The highest BCUT2D eigenvalue weighted by molar-refractivity contribution is 5.93. The Bertz CT molecular complexity index is 525. The predicted molar refractivity (Wildman–Crippen MR) is 67.3 cm³/mol. The van der Waals surface area contributed by atoms with Gasteiger partial charge in [-0.3, -0.25) is 10.1 Å². The van der Waals surface area contributed by atoms with Gasteiger partial charge in [0.05, 0.1) is 11.5 Å². The fourth-order valence-electron chi connectivity index (χ4n) is 1.83. The highest BCUT2D eigenvalue weighted by atomic mass is 16.6. The molecule has 7 heteroatoms. The summed E-state index contributed by atoms with van der Waals surface area (Å²) in [6.07, 6.45) is 1.85. The minimum Gasteiger partial charge on any atom is -0.477 e. The molecule has 0 atom stereocenters. The molecular weight excluding hydrogens is 252 g/mol. The number of hydrogen-bond acceptors (Lipinski definition) is 5. The van der Waals surface area contributed by atoms with E-state index in [0.717, 1.165) is 12.8 Å². The molecule has 1 aromatic rings. The van der Waals surface area contributed by atoms with Crippen molar-refractivity contribution in [1.29, 1.82) is 0 Å². The van der Waals surface area contributed by atoms with Gasteiger partial charge in [-0.15, -0.1) is 0 Å². The van der Waals surface area contributed by atoms with Crippen molar-refractivity contribution < 1.29 is 19.9 Å². The Balaban J connectivity index is 2.16. The van der Waals surface area contributed by atoms with Gasteiger partial charge in [-0.1, -0.05) is 0 Å². The molecule has 0 saturated heterocycles.